The molecular formula is C13H21N3O3. The first kappa shape index (κ1) is 15.3. The lowest BCUT2D eigenvalue weighted by Crippen LogP contribution is -2.35. The summed E-state index contributed by atoms with van der Waals surface area (Å²) in [5.41, 5.74) is 6.79. The van der Waals surface area contributed by atoms with Crippen molar-refractivity contribution in [1.29, 1.82) is 0 Å². The Morgan fingerprint density at radius 3 is 2.84 bits per heavy atom. The van der Waals surface area contributed by atoms with Crippen LogP contribution in [0.25, 0.3) is 0 Å². The number of aliphatic hydroxyl groups is 1. The second kappa shape index (κ2) is 7.60. The SMILES string of the molecule is CCN(CCO)CC(=O)Nc1cc(N)ccc1OC. The minimum Gasteiger partial charge on any atom is -0.495 e. The number of nitrogen functional groups attached to an aromatic ring is 1. The molecule has 0 fully saturated rings. The minimum absolute atomic E-state index is 0.0305. The molecule has 6 nitrogen and oxygen atoms in total. The molecule has 106 valence electrons. The van der Waals surface area contributed by atoms with Gasteiger partial charge in [-0.05, 0) is 24.7 Å². The minimum atomic E-state index is -0.167. The van der Waals surface area contributed by atoms with Crippen molar-refractivity contribution in [3.63, 3.8) is 0 Å². The van der Waals surface area contributed by atoms with Crippen molar-refractivity contribution in [3.8, 4) is 5.75 Å². The molecule has 0 atom stereocenters. The predicted octanol–water partition coefficient (Wildman–Crippen LogP) is 0.530. The Morgan fingerprint density at radius 1 is 1.53 bits per heavy atom. The Morgan fingerprint density at radius 2 is 2.26 bits per heavy atom. The number of methoxy groups -OCH3 is 1. The van der Waals surface area contributed by atoms with Crippen LogP contribution in [-0.2, 0) is 4.79 Å². The number of amides is 1. The van der Waals surface area contributed by atoms with Crippen LogP contribution < -0.4 is 15.8 Å². The molecule has 1 aromatic rings. The van der Waals surface area contributed by atoms with Gasteiger partial charge in [0, 0.05) is 12.2 Å². The maximum atomic E-state index is 11.9. The molecule has 0 radical (unpaired) electrons. The van der Waals surface area contributed by atoms with E-state index in [0.717, 1.165) is 0 Å². The van der Waals surface area contributed by atoms with Gasteiger partial charge in [0.1, 0.15) is 5.75 Å². The molecule has 0 heterocycles. The highest BCUT2D eigenvalue weighted by molar-refractivity contribution is 5.94. The molecule has 0 aliphatic rings. The number of nitrogens with two attached hydrogens (primary N) is 1. The lowest BCUT2D eigenvalue weighted by Gasteiger charge is -2.19. The summed E-state index contributed by atoms with van der Waals surface area (Å²) in [5, 5.41) is 11.6. The summed E-state index contributed by atoms with van der Waals surface area (Å²) in [6, 6.07) is 5.06. The first-order valence-corrected chi connectivity index (χ1v) is 6.17. The third kappa shape index (κ3) is 4.76. The molecule has 0 aromatic heterocycles. The summed E-state index contributed by atoms with van der Waals surface area (Å²) in [6.07, 6.45) is 0. The number of nitrogens with one attached hydrogen (secondary N) is 1. The highest BCUT2D eigenvalue weighted by Gasteiger charge is 2.11. The molecule has 1 rings (SSSR count). The third-order valence-corrected chi connectivity index (χ3v) is 2.73. The molecule has 0 aliphatic carbocycles. The van der Waals surface area contributed by atoms with E-state index >= 15 is 0 Å². The van der Waals surface area contributed by atoms with E-state index in [0.29, 0.717) is 30.2 Å². The highest BCUT2D eigenvalue weighted by atomic mass is 16.5. The maximum absolute atomic E-state index is 11.9. The molecule has 19 heavy (non-hydrogen) atoms. The Balaban J connectivity index is 2.68. The van der Waals surface area contributed by atoms with Crippen molar-refractivity contribution < 1.29 is 14.6 Å². The van der Waals surface area contributed by atoms with Crippen molar-refractivity contribution in [1.82, 2.24) is 4.90 Å². The number of likely N-dealkylation sites (N-methyl/N-ethyl adjacent to an activating group) is 1. The number of carbonyl (C=O) groups is 1. The molecule has 1 amide bonds. The number of anilines is 2. The molecule has 0 aliphatic heterocycles. The van der Waals surface area contributed by atoms with Gasteiger partial charge in [0.15, 0.2) is 0 Å². The van der Waals surface area contributed by atoms with Gasteiger partial charge in [-0.15, -0.1) is 0 Å². The fraction of sp³-hybridized carbons (Fsp3) is 0.462. The molecule has 0 saturated carbocycles. The van der Waals surface area contributed by atoms with E-state index in [4.69, 9.17) is 15.6 Å². The van der Waals surface area contributed by atoms with Crippen LogP contribution in [0.5, 0.6) is 5.75 Å². The van der Waals surface area contributed by atoms with Gasteiger partial charge in [0.05, 0.1) is 25.9 Å². The van der Waals surface area contributed by atoms with Crippen molar-refractivity contribution in [2.45, 2.75) is 6.92 Å². The van der Waals surface area contributed by atoms with E-state index < -0.39 is 0 Å². The lowest BCUT2D eigenvalue weighted by atomic mass is 10.2. The molecule has 4 N–H and O–H groups in total. The molecular weight excluding hydrogens is 246 g/mol. The number of benzene rings is 1. The Kier molecular flexibility index (Phi) is 6.11. The van der Waals surface area contributed by atoms with E-state index in [1.165, 1.54) is 7.11 Å². The van der Waals surface area contributed by atoms with Gasteiger partial charge in [-0.1, -0.05) is 6.92 Å². The standard InChI is InChI=1S/C13H21N3O3/c1-3-16(6-7-17)9-13(18)15-11-8-10(14)4-5-12(11)19-2/h4-5,8,17H,3,6-7,9,14H2,1-2H3,(H,15,18). The maximum Gasteiger partial charge on any atom is 0.238 e. The Bertz CT molecular complexity index is 424. The zero-order chi connectivity index (χ0) is 14.3. The second-order valence-corrected chi connectivity index (χ2v) is 4.10. The summed E-state index contributed by atoms with van der Waals surface area (Å²) in [4.78, 5) is 13.7. The van der Waals surface area contributed by atoms with Crippen LogP contribution in [0.4, 0.5) is 11.4 Å². The van der Waals surface area contributed by atoms with Crippen LogP contribution in [0.2, 0.25) is 0 Å². The van der Waals surface area contributed by atoms with Gasteiger partial charge in [-0.25, -0.2) is 0 Å². The quantitative estimate of drug-likeness (QED) is 0.627. The molecule has 0 spiro atoms. The molecule has 1 aromatic carbocycles. The summed E-state index contributed by atoms with van der Waals surface area (Å²) in [5.74, 6) is 0.395. The highest BCUT2D eigenvalue weighted by Crippen LogP contribution is 2.26. The van der Waals surface area contributed by atoms with Crippen molar-refractivity contribution in [3.05, 3.63) is 18.2 Å². The molecule has 0 bridgehead atoms. The van der Waals surface area contributed by atoms with Gasteiger partial charge in [0.25, 0.3) is 0 Å². The topological polar surface area (TPSA) is 87.8 Å². The van der Waals surface area contributed by atoms with Crippen LogP contribution in [0, 0.1) is 0 Å². The predicted molar refractivity (Wildman–Crippen MR) is 75.2 cm³/mol. The van der Waals surface area contributed by atoms with Gasteiger partial charge >= 0.3 is 0 Å². The average molecular weight is 267 g/mol. The van der Waals surface area contributed by atoms with Crippen molar-refractivity contribution in [2.75, 3.05) is 44.4 Å². The number of hydrogen-bond donors (Lipinski definition) is 3. The van der Waals surface area contributed by atoms with E-state index in [9.17, 15) is 4.79 Å². The smallest absolute Gasteiger partial charge is 0.238 e. The van der Waals surface area contributed by atoms with Gasteiger partial charge in [-0.3, -0.25) is 9.69 Å². The van der Waals surface area contributed by atoms with Crippen LogP contribution in [0.15, 0.2) is 18.2 Å². The summed E-state index contributed by atoms with van der Waals surface area (Å²) in [7, 11) is 1.53. The number of hydrogen-bond acceptors (Lipinski definition) is 5. The Labute approximate surface area is 113 Å². The van der Waals surface area contributed by atoms with Gasteiger partial charge in [0.2, 0.25) is 5.91 Å². The number of nitrogens with zero attached hydrogens (tertiary/aromatic N) is 1. The summed E-state index contributed by atoms with van der Waals surface area (Å²) < 4.78 is 5.16. The van der Waals surface area contributed by atoms with E-state index in [2.05, 4.69) is 5.32 Å². The van der Waals surface area contributed by atoms with Crippen molar-refractivity contribution in [2.24, 2.45) is 0 Å². The number of ether oxygens (including phenoxy) is 1. The van der Waals surface area contributed by atoms with Crippen LogP contribution in [-0.4, -0.2) is 49.3 Å². The number of carbonyl (C=O) groups excluding carboxylic acids is 1. The van der Waals surface area contributed by atoms with Gasteiger partial charge < -0.3 is 20.9 Å². The van der Waals surface area contributed by atoms with Crippen LogP contribution in [0.1, 0.15) is 6.92 Å². The second-order valence-electron chi connectivity index (χ2n) is 4.10. The number of rotatable bonds is 7. The zero-order valence-electron chi connectivity index (χ0n) is 11.3. The lowest BCUT2D eigenvalue weighted by molar-refractivity contribution is -0.117. The monoisotopic (exact) mass is 267 g/mol. The average Bonchev–Trinajstić information content (AvgIpc) is 2.38. The van der Waals surface area contributed by atoms with Crippen molar-refractivity contribution >= 4 is 17.3 Å². The summed E-state index contributed by atoms with van der Waals surface area (Å²) in [6.45, 7) is 3.35. The van der Waals surface area contributed by atoms with E-state index in [-0.39, 0.29) is 19.1 Å². The van der Waals surface area contributed by atoms with E-state index in [1.54, 1.807) is 18.2 Å². The fourth-order valence-corrected chi connectivity index (χ4v) is 1.71. The van der Waals surface area contributed by atoms with Crippen LogP contribution >= 0.6 is 0 Å². The summed E-state index contributed by atoms with van der Waals surface area (Å²) >= 11 is 0. The van der Waals surface area contributed by atoms with E-state index in [1.807, 2.05) is 11.8 Å². The fourth-order valence-electron chi connectivity index (χ4n) is 1.71. The largest absolute Gasteiger partial charge is 0.495 e. The van der Waals surface area contributed by atoms with Gasteiger partial charge in [-0.2, -0.15) is 0 Å². The van der Waals surface area contributed by atoms with Crippen LogP contribution in [0.3, 0.4) is 0 Å². The normalized spacial score (nSPS) is 10.5. The molecule has 6 heteroatoms. The first-order chi connectivity index (χ1) is 9.10. The third-order valence-electron chi connectivity index (χ3n) is 2.73. The zero-order valence-corrected chi connectivity index (χ0v) is 11.3. The molecule has 0 saturated heterocycles. The number of aliphatic hydroxyl groups excluding tert-OH is 1. The first-order valence-electron chi connectivity index (χ1n) is 6.17. The Hall–Kier alpha value is -1.79. The molecule has 0 unspecified atom stereocenters.